The van der Waals surface area contributed by atoms with Crippen LogP contribution in [0.1, 0.15) is 43.1 Å². The van der Waals surface area contributed by atoms with Gasteiger partial charge in [0.1, 0.15) is 11.5 Å². The highest BCUT2D eigenvalue weighted by atomic mass is 35.5. The summed E-state index contributed by atoms with van der Waals surface area (Å²) in [7, 11) is 0. The van der Waals surface area contributed by atoms with Crippen molar-refractivity contribution in [2.75, 3.05) is 12.0 Å². The summed E-state index contributed by atoms with van der Waals surface area (Å²) in [5, 5.41) is 0.362. The molecule has 0 aromatic carbocycles. The van der Waals surface area contributed by atoms with E-state index >= 15 is 0 Å². The third kappa shape index (κ3) is 2.98. The van der Waals surface area contributed by atoms with E-state index < -0.39 is 0 Å². The highest BCUT2D eigenvalue weighted by molar-refractivity contribution is 6.33. The fraction of sp³-hybridized carbons (Fsp3) is 0.538. The maximum atomic E-state index is 12.6. The largest absolute Gasteiger partial charge is 0.335 e. The highest BCUT2D eigenvalue weighted by Gasteiger charge is 2.28. The van der Waals surface area contributed by atoms with Crippen molar-refractivity contribution >= 4 is 23.3 Å². The van der Waals surface area contributed by atoms with Crippen LogP contribution in [-0.2, 0) is 0 Å². The first-order valence-corrected chi connectivity index (χ1v) is 6.99. The molecule has 3 N–H and O–H groups in total. The van der Waals surface area contributed by atoms with Crippen molar-refractivity contribution in [2.45, 2.75) is 38.6 Å². The van der Waals surface area contributed by atoms with Gasteiger partial charge in [-0.3, -0.25) is 4.79 Å². The fourth-order valence-corrected chi connectivity index (χ4v) is 2.78. The summed E-state index contributed by atoms with van der Waals surface area (Å²) in [5.74, 6) is 5.64. The van der Waals surface area contributed by atoms with Crippen LogP contribution in [0.4, 0.5) is 5.82 Å². The van der Waals surface area contributed by atoms with E-state index in [4.69, 9.17) is 17.4 Å². The Hall–Kier alpha value is -1.33. The molecule has 1 heterocycles. The number of nitrogens with one attached hydrogen (secondary N) is 1. The second-order valence-electron chi connectivity index (χ2n) is 4.70. The van der Waals surface area contributed by atoms with Gasteiger partial charge in [0.05, 0.1) is 5.02 Å². The van der Waals surface area contributed by atoms with Gasteiger partial charge in [-0.25, -0.2) is 10.8 Å². The number of pyridine rings is 1. The zero-order valence-electron chi connectivity index (χ0n) is 11.0. The lowest BCUT2D eigenvalue weighted by Gasteiger charge is -2.27. The van der Waals surface area contributed by atoms with Crippen molar-refractivity contribution in [3.8, 4) is 0 Å². The van der Waals surface area contributed by atoms with Crippen LogP contribution in [0.3, 0.4) is 0 Å². The van der Waals surface area contributed by atoms with Crippen LogP contribution in [0.25, 0.3) is 0 Å². The Morgan fingerprint density at radius 2 is 2.21 bits per heavy atom. The molecule has 0 spiro atoms. The number of carbonyl (C=O) groups is 1. The van der Waals surface area contributed by atoms with Gasteiger partial charge >= 0.3 is 0 Å². The second kappa shape index (κ2) is 6.21. The van der Waals surface area contributed by atoms with E-state index in [0.717, 1.165) is 12.8 Å². The van der Waals surface area contributed by atoms with E-state index in [1.165, 1.54) is 12.8 Å². The van der Waals surface area contributed by atoms with Gasteiger partial charge in [-0.15, -0.1) is 0 Å². The van der Waals surface area contributed by atoms with Crippen molar-refractivity contribution in [1.29, 1.82) is 0 Å². The third-order valence-corrected chi connectivity index (χ3v) is 3.87. The van der Waals surface area contributed by atoms with Gasteiger partial charge in [0.2, 0.25) is 0 Å². The number of nitrogens with zero attached hydrogens (tertiary/aromatic N) is 2. The number of rotatable bonds is 4. The number of carbonyl (C=O) groups excluding carboxylic acids is 1. The smallest absolute Gasteiger partial charge is 0.274 e. The van der Waals surface area contributed by atoms with Crippen LogP contribution in [0.2, 0.25) is 5.02 Å². The number of hydrogen-bond donors (Lipinski definition) is 2. The molecule has 2 rings (SSSR count). The molecule has 1 aliphatic carbocycles. The van der Waals surface area contributed by atoms with Crippen LogP contribution < -0.4 is 11.3 Å². The van der Waals surface area contributed by atoms with Crippen LogP contribution in [-0.4, -0.2) is 28.4 Å². The summed E-state index contributed by atoms with van der Waals surface area (Å²) in [6, 6.07) is 3.59. The molecular formula is C13H19ClN4O. The van der Waals surface area contributed by atoms with Gasteiger partial charge in [0, 0.05) is 12.6 Å². The van der Waals surface area contributed by atoms with Gasteiger partial charge in [0.15, 0.2) is 0 Å². The summed E-state index contributed by atoms with van der Waals surface area (Å²) in [6.45, 7) is 2.65. The van der Waals surface area contributed by atoms with E-state index in [1.807, 2.05) is 11.8 Å². The van der Waals surface area contributed by atoms with Crippen molar-refractivity contribution in [3.63, 3.8) is 0 Å². The SMILES string of the molecule is CCN(C(=O)c1nc(NN)ccc1Cl)C1CCCC1. The van der Waals surface area contributed by atoms with E-state index in [2.05, 4.69) is 10.4 Å². The Morgan fingerprint density at radius 3 is 2.79 bits per heavy atom. The lowest BCUT2D eigenvalue weighted by Crippen LogP contribution is -2.39. The molecule has 6 heteroatoms. The molecule has 104 valence electrons. The highest BCUT2D eigenvalue weighted by Crippen LogP contribution is 2.26. The minimum absolute atomic E-state index is 0.114. The number of hydrogen-bond acceptors (Lipinski definition) is 4. The summed E-state index contributed by atoms with van der Waals surface area (Å²) < 4.78 is 0. The van der Waals surface area contributed by atoms with Gasteiger partial charge in [-0.2, -0.15) is 0 Å². The molecule has 1 aromatic heterocycles. The molecule has 5 nitrogen and oxygen atoms in total. The van der Waals surface area contributed by atoms with E-state index in [0.29, 0.717) is 23.4 Å². The van der Waals surface area contributed by atoms with Crippen molar-refractivity contribution in [1.82, 2.24) is 9.88 Å². The number of halogens is 1. The topological polar surface area (TPSA) is 71.2 Å². The Morgan fingerprint density at radius 1 is 1.53 bits per heavy atom. The lowest BCUT2D eigenvalue weighted by molar-refractivity contribution is 0.0688. The molecule has 1 aliphatic rings. The van der Waals surface area contributed by atoms with Gasteiger partial charge in [0.25, 0.3) is 5.91 Å². The van der Waals surface area contributed by atoms with Crippen LogP contribution in [0.15, 0.2) is 12.1 Å². The predicted molar refractivity (Wildman–Crippen MR) is 76.0 cm³/mol. The molecule has 19 heavy (non-hydrogen) atoms. The Labute approximate surface area is 118 Å². The zero-order chi connectivity index (χ0) is 13.8. The van der Waals surface area contributed by atoms with E-state index in [9.17, 15) is 4.79 Å². The summed E-state index contributed by atoms with van der Waals surface area (Å²) >= 11 is 6.08. The molecule has 0 aliphatic heterocycles. The number of nitrogens with two attached hydrogens (primary N) is 1. The number of aromatic nitrogens is 1. The molecule has 1 saturated carbocycles. The second-order valence-corrected chi connectivity index (χ2v) is 5.11. The molecule has 1 amide bonds. The molecule has 0 saturated heterocycles. The average Bonchev–Trinajstić information content (AvgIpc) is 2.94. The normalized spacial score (nSPS) is 15.5. The van der Waals surface area contributed by atoms with Gasteiger partial charge in [-0.05, 0) is 31.9 Å². The number of nitrogen functional groups attached to an aromatic ring is 1. The minimum atomic E-state index is -0.114. The molecule has 0 bridgehead atoms. The molecule has 0 atom stereocenters. The maximum absolute atomic E-state index is 12.6. The minimum Gasteiger partial charge on any atom is -0.335 e. The van der Waals surface area contributed by atoms with Gasteiger partial charge < -0.3 is 10.3 Å². The monoisotopic (exact) mass is 282 g/mol. The van der Waals surface area contributed by atoms with E-state index in [1.54, 1.807) is 12.1 Å². The molecule has 1 fully saturated rings. The predicted octanol–water partition coefficient (Wildman–Crippen LogP) is 2.43. The first-order valence-electron chi connectivity index (χ1n) is 6.61. The number of amides is 1. The van der Waals surface area contributed by atoms with Crippen molar-refractivity contribution < 1.29 is 4.79 Å². The number of anilines is 1. The van der Waals surface area contributed by atoms with Gasteiger partial charge in [-0.1, -0.05) is 24.4 Å². The first-order chi connectivity index (χ1) is 9.17. The van der Waals surface area contributed by atoms with Crippen molar-refractivity contribution in [3.05, 3.63) is 22.8 Å². The number of hydrazine groups is 1. The first kappa shape index (κ1) is 14.1. The lowest BCUT2D eigenvalue weighted by atomic mass is 10.2. The Kier molecular flexibility index (Phi) is 4.61. The quantitative estimate of drug-likeness (QED) is 0.657. The van der Waals surface area contributed by atoms with Crippen LogP contribution in [0.5, 0.6) is 0 Å². The Bertz CT molecular complexity index is 460. The molecule has 1 aromatic rings. The maximum Gasteiger partial charge on any atom is 0.274 e. The summed E-state index contributed by atoms with van der Waals surface area (Å²) in [4.78, 5) is 18.6. The van der Waals surface area contributed by atoms with E-state index in [-0.39, 0.29) is 11.6 Å². The summed E-state index contributed by atoms with van der Waals surface area (Å²) in [5.41, 5.74) is 2.70. The zero-order valence-corrected chi connectivity index (χ0v) is 11.8. The molecule has 0 radical (unpaired) electrons. The standard InChI is InChI=1S/C13H19ClN4O/c1-2-18(9-5-3-4-6-9)13(19)12-10(14)7-8-11(16-12)17-15/h7-9H,2-6,15H2,1H3,(H,16,17). The average molecular weight is 283 g/mol. The van der Waals surface area contributed by atoms with Crippen LogP contribution in [0, 0.1) is 0 Å². The summed E-state index contributed by atoms with van der Waals surface area (Å²) in [6.07, 6.45) is 4.48. The third-order valence-electron chi connectivity index (χ3n) is 3.56. The molecular weight excluding hydrogens is 264 g/mol. The Balaban J connectivity index is 2.25. The molecule has 0 unspecified atom stereocenters. The fourth-order valence-electron chi connectivity index (χ4n) is 2.59. The van der Waals surface area contributed by atoms with Crippen molar-refractivity contribution in [2.24, 2.45) is 5.84 Å². The van der Waals surface area contributed by atoms with Crippen LogP contribution >= 0.6 is 11.6 Å².